The van der Waals surface area contributed by atoms with Gasteiger partial charge in [-0.2, -0.15) is 4.39 Å². The van der Waals surface area contributed by atoms with E-state index in [1.807, 2.05) is 4.72 Å². The lowest BCUT2D eigenvalue weighted by atomic mass is 9.87. The first-order valence-electron chi connectivity index (χ1n) is 10.0. The molecular formula is C22H16F3N3O4S. The zero-order valence-electron chi connectivity index (χ0n) is 16.9. The molecule has 1 aliphatic carbocycles. The molecule has 1 atom stereocenters. The number of aryl methyl sites for hydroxylation is 1. The molecule has 33 heavy (non-hydrogen) atoms. The van der Waals surface area contributed by atoms with Crippen LogP contribution in [0.1, 0.15) is 30.0 Å². The van der Waals surface area contributed by atoms with Gasteiger partial charge in [0.2, 0.25) is 5.95 Å². The SMILES string of the molecule is O=c1oc2cc(S(=O)(=O)Nc3cccc(F)n3)c(F)cc2n1C1CCCc2ccc(F)cc21. The van der Waals surface area contributed by atoms with Crippen LogP contribution >= 0.6 is 0 Å². The Labute approximate surface area is 185 Å². The Balaban J connectivity index is 1.61. The summed E-state index contributed by atoms with van der Waals surface area (Å²) in [5.41, 5.74) is 1.36. The first-order valence-corrected chi connectivity index (χ1v) is 11.5. The van der Waals surface area contributed by atoms with Crippen molar-refractivity contribution in [2.45, 2.75) is 30.2 Å². The molecule has 0 saturated heterocycles. The van der Waals surface area contributed by atoms with Gasteiger partial charge in [-0.15, -0.1) is 0 Å². The Bertz CT molecular complexity index is 1560. The number of oxazole rings is 1. The minimum atomic E-state index is -4.51. The molecule has 0 radical (unpaired) electrons. The second-order valence-corrected chi connectivity index (χ2v) is 9.34. The van der Waals surface area contributed by atoms with Crippen molar-refractivity contribution >= 4 is 26.9 Å². The maximum Gasteiger partial charge on any atom is 0.420 e. The predicted octanol–water partition coefficient (Wildman–Crippen LogP) is 4.13. The number of aromatic nitrogens is 2. The van der Waals surface area contributed by atoms with Gasteiger partial charge in [-0.25, -0.2) is 27.0 Å². The van der Waals surface area contributed by atoms with E-state index in [0.717, 1.165) is 30.2 Å². The minimum absolute atomic E-state index is 0.0439. The highest BCUT2D eigenvalue weighted by Gasteiger charge is 2.29. The van der Waals surface area contributed by atoms with Gasteiger partial charge in [-0.1, -0.05) is 12.1 Å². The van der Waals surface area contributed by atoms with E-state index in [9.17, 15) is 26.4 Å². The van der Waals surface area contributed by atoms with Gasteiger partial charge in [0.1, 0.15) is 22.3 Å². The van der Waals surface area contributed by atoms with Gasteiger partial charge >= 0.3 is 5.76 Å². The lowest BCUT2D eigenvalue weighted by Crippen LogP contribution is -2.25. The molecule has 0 saturated carbocycles. The standard InChI is InChI=1S/C22H16F3N3O4S/c23-13-8-7-12-3-1-4-16(14(12)9-13)28-17-10-15(24)19(11-18(17)32-22(28)29)33(30,31)27-21-6-2-5-20(25)26-21/h2,5-11,16H,1,3-4H2,(H,26,27). The van der Waals surface area contributed by atoms with Crippen LogP contribution in [-0.2, 0) is 16.4 Å². The molecule has 0 amide bonds. The lowest BCUT2D eigenvalue weighted by Gasteiger charge is -2.26. The number of sulfonamides is 1. The molecule has 4 aromatic rings. The predicted molar refractivity (Wildman–Crippen MR) is 113 cm³/mol. The van der Waals surface area contributed by atoms with Crippen molar-refractivity contribution in [2.24, 2.45) is 0 Å². The number of anilines is 1. The summed E-state index contributed by atoms with van der Waals surface area (Å²) in [6.45, 7) is 0. The number of halogens is 3. The molecule has 0 fully saturated rings. The highest BCUT2D eigenvalue weighted by atomic mass is 32.2. The number of pyridine rings is 1. The topological polar surface area (TPSA) is 94.2 Å². The van der Waals surface area contributed by atoms with Crippen molar-refractivity contribution in [3.63, 3.8) is 0 Å². The molecule has 7 nitrogen and oxygen atoms in total. The van der Waals surface area contributed by atoms with Crippen molar-refractivity contribution in [2.75, 3.05) is 4.72 Å². The van der Waals surface area contributed by atoms with E-state index in [-0.39, 0.29) is 16.9 Å². The molecule has 0 bridgehead atoms. The Morgan fingerprint density at radius 2 is 1.91 bits per heavy atom. The minimum Gasteiger partial charge on any atom is -0.408 e. The number of fused-ring (bicyclic) bond motifs is 2. The van der Waals surface area contributed by atoms with Gasteiger partial charge < -0.3 is 4.42 Å². The van der Waals surface area contributed by atoms with E-state index in [2.05, 4.69) is 4.98 Å². The van der Waals surface area contributed by atoms with Crippen molar-refractivity contribution in [3.05, 3.63) is 87.8 Å². The largest absolute Gasteiger partial charge is 0.420 e. The molecule has 1 aliphatic rings. The van der Waals surface area contributed by atoms with Gasteiger partial charge in [-0.05, 0) is 54.7 Å². The molecule has 0 spiro atoms. The lowest BCUT2D eigenvalue weighted by molar-refractivity contribution is 0.435. The zero-order valence-corrected chi connectivity index (χ0v) is 17.7. The number of rotatable bonds is 4. The smallest absolute Gasteiger partial charge is 0.408 e. The van der Waals surface area contributed by atoms with E-state index in [0.29, 0.717) is 18.4 Å². The average Bonchev–Trinajstić information content (AvgIpc) is 3.07. The molecule has 2 aromatic carbocycles. The monoisotopic (exact) mass is 475 g/mol. The van der Waals surface area contributed by atoms with Gasteiger partial charge in [0.15, 0.2) is 5.58 Å². The first kappa shape index (κ1) is 21.3. The zero-order chi connectivity index (χ0) is 23.3. The van der Waals surface area contributed by atoms with Gasteiger partial charge in [0, 0.05) is 12.1 Å². The quantitative estimate of drug-likeness (QED) is 0.448. The van der Waals surface area contributed by atoms with Crippen LogP contribution in [0.5, 0.6) is 0 Å². The maximum atomic E-state index is 15.0. The van der Waals surface area contributed by atoms with E-state index in [1.54, 1.807) is 6.07 Å². The normalized spacial score (nSPS) is 16.0. The first-order chi connectivity index (χ1) is 15.7. The highest BCUT2D eigenvalue weighted by molar-refractivity contribution is 7.92. The Morgan fingerprint density at radius 1 is 1.09 bits per heavy atom. The molecule has 2 aromatic heterocycles. The van der Waals surface area contributed by atoms with Crippen LogP contribution in [0.2, 0.25) is 0 Å². The maximum absolute atomic E-state index is 15.0. The van der Waals surface area contributed by atoms with Crippen LogP contribution in [0, 0.1) is 17.6 Å². The fraction of sp³-hybridized carbons (Fsp3) is 0.182. The fourth-order valence-electron chi connectivity index (χ4n) is 4.21. The molecule has 1 N–H and O–H groups in total. The Kier molecular flexibility index (Phi) is 5.00. The number of nitrogens with zero attached hydrogens (tertiary/aromatic N) is 2. The van der Waals surface area contributed by atoms with Crippen molar-refractivity contribution in [1.29, 1.82) is 0 Å². The van der Waals surface area contributed by atoms with Gasteiger partial charge in [-0.3, -0.25) is 9.29 Å². The number of hydrogen-bond donors (Lipinski definition) is 1. The molecule has 2 heterocycles. The van der Waals surface area contributed by atoms with Crippen LogP contribution in [0.3, 0.4) is 0 Å². The Hall–Kier alpha value is -3.60. The average molecular weight is 475 g/mol. The molecule has 0 aliphatic heterocycles. The van der Waals surface area contributed by atoms with Gasteiger partial charge in [0.05, 0.1) is 11.6 Å². The number of nitrogens with one attached hydrogen (secondary N) is 1. The third kappa shape index (κ3) is 3.78. The number of hydrogen-bond acceptors (Lipinski definition) is 5. The molecule has 170 valence electrons. The second kappa shape index (κ2) is 7.77. The summed E-state index contributed by atoms with van der Waals surface area (Å²) in [6, 6.07) is 9.00. The summed E-state index contributed by atoms with van der Waals surface area (Å²) in [5, 5.41) is 0. The highest BCUT2D eigenvalue weighted by Crippen LogP contribution is 2.35. The molecule has 1 unspecified atom stereocenters. The van der Waals surface area contributed by atoms with E-state index in [1.165, 1.54) is 28.8 Å². The Morgan fingerprint density at radius 3 is 2.70 bits per heavy atom. The van der Waals surface area contributed by atoms with Crippen LogP contribution in [0.4, 0.5) is 19.0 Å². The summed E-state index contributed by atoms with van der Waals surface area (Å²) < 4.78 is 76.0. The summed E-state index contributed by atoms with van der Waals surface area (Å²) >= 11 is 0. The van der Waals surface area contributed by atoms with Crippen molar-refractivity contribution in [3.8, 4) is 0 Å². The van der Waals surface area contributed by atoms with Crippen LogP contribution < -0.4 is 10.5 Å². The van der Waals surface area contributed by atoms with E-state index in [4.69, 9.17) is 4.42 Å². The molecule has 11 heteroatoms. The third-order valence-electron chi connectivity index (χ3n) is 5.61. The molecule has 5 rings (SSSR count). The van der Waals surface area contributed by atoms with Crippen molar-refractivity contribution in [1.82, 2.24) is 9.55 Å². The van der Waals surface area contributed by atoms with Crippen LogP contribution in [-0.4, -0.2) is 18.0 Å². The van der Waals surface area contributed by atoms with Crippen LogP contribution in [0.15, 0.2) is 62.6 Å². The number of benzene rings is 2. The second-order valence-electron chi connectivity index (χ2n) is 7.69. The molecular weight excluding hydrogens is 459 g/mol. The fourth-order valence-corrected chi connectivity index (χ4v) is 5.28. The van der Waals surface area contributed by atoms with E-state index >= 15 is 0 Å². The van der Waals surface area contributed by atoms with E-state index < -0.39 is 44.3 Å². The van der Waals surface area contributed by atoms with Gasteiger partial charge in [0.25, 0.3) is 10.0 Å². The summed E-state index contributed by atoms with van der Waals surface area (Å²) in [7, 11) is -4.51. The summed E-state index contributed by atoms with van der Waals surface area (Å²) in [5.74, 6) is -3.68. The van der Waals surface area contributed by atoms with Crippen molar-refractivity contribution < 1.29 is 26.0 Å². The third-order valence-corrected chi connectivity index (χ3v) is 6.98. The summed E-state index contributed by atoms with van der Waals surface area (Å²) in [4.78, 5) is 15.3. The van der Waals surface area contributed by atoms with Crippen LogP contribution in [0.25, 0.3) is 11.1 Å². The summed E-state index contributed by atoms with van der Waals surface area (Å²) in [6.07, 6.45) is 1.94.